The van der Waals surface area contributed by atoms with Gasteiger partial charge < -0.3 is 15.8 Å². The van der Waals surface area contributed by atoms with E-state index in [1.807, 2.05) is 13.8 Å². The fourth-order valence-electron chi connectivity index (χ4n) is 1.79. The average Bonchev–Trinajstić information content (AvgIpc) is 2.82. The number of benzene rings is 1. The van der Waals surface area contributed by atoms with Gasteiger partial charge >= 0.3 is 0 Å². The monoisotopic (exact) mass is 291 g/mol. The standard InChI is InChI=1S/C14H17N3O2S/c1-3-19-11-6-4-5-10(15)13(11)14(18)17-8-12-16-7-9(2)20-12/h4-7H,3,8,15H2,1-2H3,(H,17,18). The van der Waals surface area contributed by atoms with Crippen molar-refractivity contribution in [2.45, 2.75) is 20.4 Å². The second-order valence-electron chi connectivity index (χ2n) is 4.20. The van der Waals surface area contributed by atoms with Crippen LogP contribution < -0.4 is 15.8 Å². The predicted molar refractivity (Wildman–Crippen MR) is 80.0 cm³/mol. The number of aromatic nitrogens is 1. The zero-order valence-electron chi connectivity index (χ0n) is 11.5. The third kappa shape index (κ3) is 3.27. The molecule has 5 nitrogen and oxygen atoms in total. The molecule has 1 heterocycles. The third-order valence-electron chi connectivity index (χ3n) is 2.65. The second-order valence-corrected chi connectivity index (χ2v) is 5.52. The zero-order chi connectivity index (χ0) is 14.5. The molecular weight excluding hydrogens is 274 g/mol. The highest BCUT2D eigenvalue weighted by atomic mass is 32.1. The summed E-state index contributed by atoms with van der Waals surface area (Å²) in [4.78, 5) is 17.6. The molecule has 106 valence electrons. The number of amides is 1. The minimum atomic E-state index is -0.251. The van der Waals surface area contributed by atoms with Gasteiger partial charge in [-0.3, -0.25) is 4.79 Å². The van der Waals surface area contributed by atoms with Crippen molar-refractivity contribution in [2.24, 2.45) is 0 Å². The number of carbonyl (C=O) groups excluding carboxylic acids is 1. The van der Waals surface area contributed by atoms with Gasteiger partial charge in [-0.2, -0.15) is 0 Å². The average molecular weight is 291 g/mol. The van der Waals surface area contributed by atoms with Crippen LogP contribution in [0.2, 0.25) is 0 Å². The van der Waals surface area contributed by atoms with Gasteiger partial charge in [0, 0.05) is 16.8 Å². The molecule has 0 aliphatic carbocycles. The maximum absolute atomic E-state index is 12.2. The molecule has 0 fully saturated rings. The normalized spacial score (nSPS) is 10.3. The van der Waals surface area contributed by atoms with E-state index in [2.05, 4.69) is 10.3 Å². The smallest absolute Gasteiger partial charge is 0.257 e. The van der Waals surface area contributed by atoms with Crippen molar-refractivity contribution in [1.29, 1.82) is 0 Å². The fraction of sp³-hybridized carbons (Fsp3) is 0.286. The molecule has 1 aromatic heterocycles. The lowest BCUT2D eigenvalue weighted by Gasteiger charge is -2.12. The minimum Gasteiger partial charge on any atom is -0.493 e. The van der Waals surface area contributed by atoms with Crippen LogP contribution in [0.1, 0.15) is 27.2 Å². The molecule has 0 bridgehead atoms. The fourth-order valence-corrected chi connectivity index (χ4v) is 2.52. The van der Waals surface area contributed by atoms with Crippen LogP contribution in [0, 0.1) is 6.92 Å². The van der Waals surface area contributed by atoms with E-state index in [0.717, 1.165) is 9.88 Å². The van der Waals surface area contributed by atoms with Crippen LogP contribution in [0.4, 0.5) is 5.69 Å². The summed E-state index contributed by atoms with van der Waals surface area (Å²) in [5.74, 6) is 0.250. The SMILES string of the molecule is CCOc1cccc(N)c1C(=O)NCc1ncc(C)s1. The molecule has 1 aromatic carbocycles. The molecule has 2 rings (SSSR count). The van der Waals surface area contributed by atoms with E-state index in [-0.39, 0.29) is 5.91 Å². The minimum absolute atomic E-state index is 0.251. The third-order valence-corrected chi connectivity index (χ3v) is 3.57. The van der Waals surface area contributed by atoms with E-state index >= 15 is 0 Å². The Morgan fingerprint density at radius 3 is 2.95 bits per heavy atom. The number of ether oxygens (including phenoxy) is 1. The van der Waals surface area contributed by atoms with Gasteiger partial charge in [-0.25, -0.2) is 4.98 Å². The number of anilines is 1. The second kappa shape index (κ2) is 6.38. The highest BCUT2D eigenvalue weighted by Gasteiger charge is 2.16. The van der Waals surface area contributed by atoms with E-state index in [4.69, 9.17) is 10.5 Å². The van der Waals surface area contributed by atoms with Crippen molar-refractivity contribution < 1.29 is 9.53 Å². The van der Waals surface area contributed by atoms with Gasteiger partial charge in [-0.1, -0.05) is 6.07 Å². The molecule has 0 saturated heterocycles. The Labute approximate surface area is 121 Å². The molecule has 6 heteroatoms. The lowest BCUT2D eigenvalue weighted by atomic mass is 10.1. The highest BCUT2D eigenvalue weighted by Crippen LogP contribution is 2.24. The molecule has 0 spiro atoms. The lowest BCUT2D eigenvalue weighted by Crippen LogP contribution is -2.24. The Morgan fingerprint density at radius 2 is 2.30 bits per heavy atom. The summed E-state index contributed by atoms with van der Waals surface area (Å²) in [5.41, 5.74) is 6.66. The molecule has 0 atom stereocenters. The first kappa shape index (κ1) is 14.3. The Bertz CT molecular complexity index is 610. The van der Waals surface area contributed by atoms with Gasteiger partial charge in [0.1, 0.15) is 16.3 Å². The summed E-state index contributed by atoms with van der Waals surface area (Å²) in [7, 11) is 0. The molecule has 0 saturated carbocycles. The van der Waals surface area contributed by atoms with Gasteiger partial charge in [-0.05, 0) is 26.0 Å². The molecule has 0 radical (unpaired) electrons. The molecule has 0 unspecified atom stereocenters. The van der Waals surface area contributed by atoms with Gasteiger partial charge in [0.05, 0.1) is 13.2 Å². The molecular formula is C14H17N3O2S. The Morgan fingerprint density at radius 1 is 1.50 bits per heavy atom. The molecule has 2 aromatic rings. The van der Waals surface area contributed by atoms with Crippen LogP contribution in [0.3, 0.4) is 0 Å². The van der Waals surface area contributed by atoms with Crippen molar-refractivity contribution >= 4 is 22.9 Å². The summed E-state index contributed by atoms with van der Waals surface area (Å²) in [5, 5.41) is 3.68. The van der Waals surface area contributed by atoms with Crippen LogP contribution >= 0.6 is 11.3 Å². The number of aryl methyl sites for hydroxylation is 1. The van der Waals surface area contributed by atoms with Crippen molar-refractivity contribution in [3.05, 3.63) is 39.8 Å². The van der Waals surface area contributed by atoms with E-state index in [1.165, 1.54) is 0 Å². The van der Waals surface area contributed by atoms with Crippen molar-refractivity contribution in [3.8, 4) is 5.75 Å². The first-order chi connectivity index (χ1) is 9.61. The lowest BCUT2D eigenvalue weighted by molar-refractivity contribution is 0.0948. The quantitative estimate of drug-likeness (QED) is 0.829. The van der Waals surface area contributed by atoms with E-state index < -0.39 is 0 Å². The van der Waals surface area contributed by atoms with Crippen LogP contribution in [0.15, 0.2) is 24.4 Å². The van der Waals surface area contributed by atoms with Crippen LogP contribution in [0.5, 0.6) is 5.75 Å². The predicted octanol–water partition coefficient (Wildman–Crippen LogP) is 2.36. The molecule has 0 aliphatic heterocycles. The Kier molecular flexibility index (Phi) is 4.57. The van der Waals surface area contributed by atoms with Crippen LogP contribution in [-0.2, 0) is 6.54 Å². The van der Waals surface area contributed by atoms with Gasteiger partial charge in [0.15, 0.2) is 0 Å². The number of hydrogen-bond donors (Lipinski definition) is 2. The number of nitrogens with two attached hydrogens (primary N) is 1. The summed E-state index contributed by atoms with van der Waals surface area (Å²) in [6, 6.07) is 5.19. The summed E-state index contributed by atoms with van der Waals surface area (Å²) in [6.07, 6.45) is 1.79. The zero-order valence-corrected chi connectivity index (χ0v) is 12.3. The number of nitrogens with zero attached hydrogens (tertiary/aromatic N) is 1. The Hall–Kier alpha value is -2.08. The molecule has 3 N–H and O–H groups in total. The van der Waals surface area contributed by atoms with Crippen molar-refractivity contribution in [3.63, 3.8) is 0 Å². The number of nitrogens with one attached hydrogen (secondary N) is 1. The number of rotatable bonds is 5. The largest absolute Gasteiger partial charge is 0.493 e. The first-order valence-electron chi connectivity index (χ1n) is 6.32. The van der Waals surface area contributed by atoms with Crippen LogP contribution in [0.25, 0.3) is 0 Å². The maximum Gasteiger partial charge on any atom is 0.257 e. The Balaban J connectivity index is 2.12. The van der Waals surface area contributed by atoms with E-state index in [0.29, 0.717) is 30.2 Å². The summed E-state index contributed by atoms with van der Waals surface area (Å²) in [6.45, 7) is 4.71. The number of nitrogen functional groups attached to an aromatic ring is 1. The van der Waals surface area contributed by atoms with Crippen LogP contribution in [-0.4, -0.2) is 17.5 Å². The van der Waals surface area contributed by atoms with E-state index in [1.54, 1.807) is 35.7 Å². The van der Waals surface area contributed by atoms with Gasteiger partial charge in [0.25, 0.3) is 5.91 Å². The van der Waals surface area contributed by atoms with Gasteiger partial charge in [0.2, 0.25) is 0 Å². The van der Waals surface area contributed by atoms with Gasteiger partial charge in [-0.15, -0.1) is 11.3 Å². The number of hydrogen-bond acceptors (Lipinski definition) is 5. The summed E-state index contributed by atoms with van der Waals surface area (Å²) >= 11 is 1.56. The molecule has 20 heavy (non-hydrogen) atoms. The van der Waals surface area contributed by atoms with Crippen molar-refractivity contribution in [2.75, 3.05) is 12.3 Å². The maximum atomic E-state index is 12.2. The first-order valence-corrected chi connectivity index (χ1v) is 7.14. The van der Waals surface area contributed by atoms with Crippen molar-refractivity contribution in [1.82, 2.24) is 10.3 Å². The van der Waals surface area contributed by atoms with E-state index in [9.17, 15) is 4.79 Å². The molecule has 1 amide bonds. The molecule has 0 aliphatic rings. The number of thiazole rings is 1. The topological polar surface area (TPSA) is 77.2 Å². The summed E-state index contributed by atoms with van der Waals surface area (Å²) < 4.78 is 5.44. The highest BCUT2D eigenvalue weighted by molar-refractivity contribution is 7.11. The number of carbonyl (C=O) groups is 1.